The number of rotatable bonds is 19. The summed E-state index contributed by atoms with van der Waals surface area (Å²) in [5.41, 5.74) is 3.10. The monoisotopic (exact) mass is 911 g/mol. The number of fused-ring (bicyclic) bond motifs is 1. The molecule has 0 radical (unpaired) electrons. The Balaban J connectivity index is 0.732. The zero-order chi connectivity index (χ0) is 46.3. The summed E-state index contributed by atoms with van der Waals surface area (Å²) in [6.07, 6.45) is 11.0. The maximum absolute atomic E-state index is 14.2. The first-order valence-corrected chi connectivity index (χ1v) is 23.2. The lowest BCUT2D eigenvalue weighted by Crippen LogP contribution is -2.52. The molecule has 4 aromatic rings. The van der Waals surface area contributed by atoms with Crippen LogP contribution >= 0.6 is 0 Å². The highest BCUT2D eigenvalue weighted by atomic mass is 19.3. The number of pyridine rings is 1. The summed E-state index contributed by atoms with van der Waals surface area (Å²) in [4.78, 5) is 63.4. The van der Waals surface area contributed by atoms with E-state index in [0.29, 0.717) is 60.2 Å². The number of ether oxygens (including phenoxy) is 1. The number of oxazole rings is 1. The van der Waals surface area contributed by atoms with Gasteiger partial charge in [0.15, 0.2) is 11.4 Å². The van der Waals surface area contributed by atoms with E-state index in [9.17, 15) is 33.1 Å². The van der Waals surface area contributed by atoms with Crippen LogP contribution in [0.15, 0.2) is 60.0 Å². The van der Waals surface area contributed by atoms with Gasteiger partial charge in [0.1, 0.15) is 12.3 Å². The molecule has 1 aromatic carbocycles. The number of piperidine rings is 1. The summed E-state index contributed by atoms with van der Waals surface area (Å²) in [6.45, 7) is 7.60. The highest BCUT2D eigenvalue weighted by Gasteiger charge is 2.42. The van der Waals surface area contributed by atoms with Gasteiger partial charge in [-0.15, -0.1) is 0 Å². The van der Waals surface area contributed by atoms with Crippen molar-refractivity contribution in [3.63, 3.8) is 0 Å². The molecular weight excluding hydrogens is 853 g/mol. The number of nitrogens with zero attached hydrogens (tertiary/aromatic N) is 6. The third-order valence-corrected chi connectivity index (χ3v) is 13.3. The van der Waals surface area contributed by atoms with Crippen molar-refractivity contribution in [2.45, 2.75) is 108 Å². The van der Waals surface area contributed by atoms with Crippen LogP contribution in [0.4, 0.5) is 20.2 Å². The molecule has 1 unspecified atom stereocenters. The number of alkyl halides is 2. The molecule has 0 spiro atoms. The van der Waals surface area contributed by atoms with Crippen LogP contribution in [-0.4, -0.2) is 110 Å². The number of hydrogen-bond donors (Lipinski definition) is 4. The number of benzene rings is 1. The SMILES string of the molecule is C=C1c2cccc(NCCCOCCCN(C)CC3CCC(n4cc(NC(=O)c5coc(-c6ccnc(C[C@H]7CCCC[C@H]7O)c6)n5)c(C(F)F)n4)CC3)c2C(=O)N1C1CCC(=O)NC1=O. The molecule has 0 bridgehead atoms. The first kappa shape index (κ1) is 46.7. The van der Waals surface area contributed by atoms with Gasteiger partial charge >= 0.3 is 0 Å². The Kier molecular flexibility index (Phi) is 15.0. The summed E-state index contributed by atoms with van der Waals surface area (Å²) in [5, 5.41) is 22.9. The van der Waals surface area contributed by atoms with E-state index in [-0.39, 0.29) is 60.0 Å². The Morgan fingerprint density at radius 1 is 1.06 bits per heavy atom. The van der Waals surface area contributed by atoms with Gasteiger partial charge in [-0.2, -0.15) is 5.10 Å². The van der Waals surface area contributed by atoms with E-state index in [0.717, 1.165) is 83.0 Å². The normalized spacial score (nSPS) is 22.3. The van der Waals surface area contributed by atoms with Gasteiger partial charge in [-0.05, 0) is 101 Å². The van der Waals surface area contributed by atoms with E-state index < -0.39 is 30.0 Å². The van der Waals surface area contributed by atoms with Crippen LogP contribution in [0.2, 0.25) is 0 Å². The first-order chi connectivity index (χ1) is 31.9. The lowest BCUT2D eigenvalue weighted by molar-refractivity contribution is -0.136. The van der Waals surface area contributed by atoms with Gasteiger partial charge in [-0.25, -0.2) is 13.8 Å². The standard InChI is InChI=1S/C48H59F2N9O7/c1-29-35-9-5-10-36(42(35)48(64)59(29)39-16-17-41(61)55-46(39)63)52-19-6-22-65-23-7-21-57(2)26-30-12-14-34(15-13-30)58-27-37(43(56-58)44(49)50)53-45(62)38-28-66-47(54-38)32-18-20-51-33(25-32)24-31-8-3-4-11-40(31)60/h5,9-10,18,20,25,27-28,30-31,34,39-40,44,52,60H,1,3-4,6-8,11-17,19,21-24,26H2,2H3,(H,53,62)(H,55,61,63)/t30?,31-,34?,39?,40-/m1/s1. The van der Waals surface area contributed by atoms with Crippen LogP contribution in [0, 0.1) is 11.8 Å². The van der Waals surface area contributed by atoms with Gasteiger partial charge in [-0.1, -0.05) is 31.6 Å². The second-order valence-electron chi connectivity index (χ2n) is 18.1. The highest BCUT2D eigenvalue weighted by molar-refractivity contribution is 6.15. The molecule has 5 heterocycles. The van der Waals surface area contributed by atoms with Crippen LogP contribution in [0.3, 0.4) is 0 Å². The van der Waals surface area contributed by atoms with E-state index in [1.807, 2.05) is 24.3 Å². The molecule has 352 valence electrons. The lowest BCUT2D eigenvalue weighted by atomic mass is 9.83. The summed E-state index contributed by atoms with van der Waals surface area (Å²) >= 11 is 0. The van der Waals surface area contributed by atoms with Crippen LogP contribution in [0.1, 0.15) is 127 Å². The van der Waals surface area contributed by atoms with E-state index in [1.54, 1.807) is 16.9 Å². The minimum atomic E-state index is -2.89. The second kappa shape index (κ2) is 21.2. The average Bonchev–Trinajstić information content (AvgIpc) is 4.03. The Morgan fingerprint density at radius 3 is 2.65 bits per heavy atom. The summed E-state index contributed by atoms with van der Waals surface area (Å²) < 4.78 is 41.5. The third-order valence-electron chi connectivity index (χ3n) is 13.3. The maximum Gasteiger partial charge on any atom is 0.284 e. The molecule has 8 rings (SSSR count). The number of hydrogen-bond acceptors (Lipinski definition) is 12. The van der Waals surface area contributed by atoms with E-state index in [1.165, 1.54) is 17.4 Å². The molecule has 1 saturated heterocycles. The van der Waals surface area contributed by atoms with Gasteiger partial charge in [0.05, 0.1) is 23.4 Å². The number of aliphatic hydroxyl groups is 1. The number of anilines is 2. The Morgan fingerprint density at radius 2 is 1.86 bits per heavy atom. The first-order valence-electron chi connectivity index (χ1n) is 23.2. The molecule has 2 aliphatic heterocycles. The average molecular weight is 912 g/mol. The van der Waals surface area contributed by atoms with Crippen molar-refractivity contribution in [1.82, 2.24) is 34.9 Å². The number of carbonyl (C=O) groups is 4. The zero-order valence-electron chi connectivity index (χ0n) is 37.4. The molecule has 4 N–H and O–H groups in total. The number of amides is 4. The molecule has 3 aromatic heterocycles. The Bertz CT molecular complexity index is 2400. The molecule has 3 fully saturated rings. The van der Waals surface area contributed by atoms with Crippen LogP contribution < -0.4 is 16.0 Å². The Hall–Kier alpha value is -5.85. The largest absolute Gasteiger partial charge is 0.444 e. The van der Waals surface area contributed by atoms with E-state index >= 15 is 0 Å². The van der Waals surface area contributed by atoms with Crippen molar-refractivity contribution in [1.29, 1.82) is 0 Å². The quantitative estimate of drug-likeness (QED) is 0.0555. The molecule has 66 heavy (non-hydrogen) atoms. The van der Waals surface area contributed by atoms with Gasteiger partial charge in [-0.3, -0.25) is 39.1 Å². The van der Waals surface area contributed by atoms with Crippen molar-refractivity contribution in [2.75, 3.05) is 50.5 Å². The van der Waals surface area contributed by atoms with Crippen molar-refractivity contribution < 1.29 is 42.2 Å². The van der Waals surface area contributed by atoms with Gasteiger partial charge < -0.3 is 29.8 Å². The van der Waals surface area contributed by atoms with Gasteiger partial charge in [0.2, 0.25) is 17.7 Å². The van der Waals surface area contributed by atoms with Gasteiger partial charge in [0.25, 0.3) is 18.2 Å². The van der Waals surface area contributed by atoms with Crippen molar-refractivity contribution in [3.8, 4) is 11.5 Å². The van der Waals surface area contributed by atoms with Crippen LogP contribution in [-0.2, 0) is 20.7 Å². The van der Waals surface area contributed by atoms with Crippen molar-refractivity contribution in [2.24, 2.45) is 11.8 Å². The molecule has 3 atom stereocenters. The van der Waals surface area contributed by atoms with Crippen LogP contribution in [0.25, 0.3) is 17.2 Å². The van der Waals surface area contributed by atoms with Crippen LogP contribution in [0.5, 0.6) is 0 Å². The molecule has 18 heteroatoms. The fourth-order valence-electron chi connectivity index (χ4n) is 9.83. The summed E-state index contributed by atoms with van der Waals surface area (Å²) in [6, 6.07) is 8.22. The number of halogens is 2. The van der Waals surface area contributed by atoms with Crippen molar-refractivity contribution in [3.05, 3.63) is 83.8 Å². The number of nitrogens with one attached hydrogen (secondary N) is 3. The molecule has 4 aliphatic rings. The predicted octanol–water partition coefficient (Wildman–Crippen LogP) is 7.02. The number of carbonyl (C=O) groups excluding carboxylic acids is 4. The van der Waals surface area contributed by atoms with Crippen molar-refractivity contribution >= 4 is 40.7 Å². The molecule has 16 nitrogen and oxygen atoms in total. The smallest absolute Gasteiger partial charge is 0.284 e. The van der Waals surface area contributed by atoms with E-state index in [4.69, 9.17) is 9.15 Å². The highest BCUT2D eigenvalue weighted by Crippen LogP contribution is 2.39. The zero-order valence-corrected chi connectivity index (χ0v) is 37.4. The second-order valence-corrected chi connectivity index (χ2v) is 18.1. The minimum Gasteiger partial charge on any atom is -0.444 e. The molecule has 2 aliphatic carbocycles. The number of aliphatic hydroxyl groups excluding tert-OH is 1. The fraction of sp³-hybridized carbons (Fsp3) is 0.521. The topological polar surface area (TPSA) is 197 Å². The summed E-state index contributed by atoms with van der Waals surface area (Å²) in [5.74, 6) is -1.01. The fourth-order valence-corrected chi connectivity index (χ4v) is 9.83. The van der Waals surface area contributed by atoms with E-state index in [2.05, 4.69) is 49.5 Å². The predicted molar refractivity (Wildman–Crippen MR) is 241 cm³/mol. The molecule has 4 amide bonds. The lowest BCUT2D eigenvalue weighted by Gasteiger charge is -2.31. The summed E-state index contributed by atoms with van der Waals surface area (Å²) in [7, 11) is 2.10. The number of imide groups is 1. The number of aromatic nitrogens is 4. The third kappa shape index (κ3) is 10.9. The molecular formula is C48H59F2N9O7. The minimum absolute atomic E-state index is 0.0510. The van der Waals surface area contributed by atoms with Gasteiger partial charge in [0, 0.05) is 79.9 Å². The maximum atomic E-state index is 14.2. The Labute approximate surface area is 382 Å². The molecule has 2 saturated carbocycles.